The Morgan fingerprint density at radius 3 is 2.72 bits per heavy atom. The first-order valence-electron chi connectivity index (χ1n) is 6.12. The summed E-state index contributed by atoms with van der Waals surface area (Å²) in [4.78, 5) is 1.49. The fourth-order valence-electron chi connectivity index (χ4n) is 2.41. The highest BCUT2D eigenvalue weighted by Gasteiger charge is 2.34. The van der Waals surface area contributed by atoms with Gasteiger partial charge in [-0.1, -0.05) is 25.1 Å². The molecule has 0 saturated heterocycles. The minimum absolute atomic E-state index is 0.0912. The van der Waals surface area contributed by atoms with E-state index >= 15 is 0 Å². The molecule has 1 atom stereocenters. The first-order valence-corrected chi connectivity index (χ1v) is 6.12. The van der Waals surface area contributed by atoms with E-state index in [0.29, 0.717) is 19.5 Å². The Hall–Kier alpha value is -1.23. The van der Waals surface area contributed by atoms with Gasteiger partial charge < -0.3 is 5.32 Å². The van der Waals surface area contributed by atoms with E-state index in [1.165, 1.54) is 4.90 Å². The third-order valence-electron chi connectivity index (χ3n) is 3.31. The van der Waals surface area contributed by atoms with Crippen molar-refractivity contribution < 1.29 is 13.2 Å². The number of fused-ring (bicyclic) bond motifs is 1. The molecule has 0 saturated carbocycles. The number of para-hydroxylation sites is 1. The molecule has 1 unspecified atom stereocenters. The maximum Gasteiger partial charge on any atom is 0.401 e. The third kappa shape index (κ3) is 3.16. The summed E-state index contributed by atoms with van der Waals surface area (Å²) in [5.74, 6) is 0. The smallest absolute Gasteiger partial charge is 0.383 e. The molecule has 1 aromatic rings. The fraction of sp³-hybridized carbons (Fsp3) is 0.538. The summed E-state index contributed by atoms with van der Waals surface area (Å²) < 4.78 is 37.4. The van der Waals surface area contributed by atoms with E-state index in [1.54, 1.807) is 6.92 Å². The lowest BCUT2D eigenvalue weighted by Crippen LogP contribution is -2.47. The molecule has 1 aliphatic rings. The zero-order valence-electron chi connectivity index (χ0n) is 10.3. The highest BCUT2D eigenvalue weighted by molar-refractivity contribution is 5.53. The maximum atomic E-state index is 12.5. The van der Waals surface area contributed by atoms with E-state index in [0.717, 1.165) is 11.3 Å². The second-order valence-electron chi connectivity index (χ2n) is 4.57. The highest BCUT2D eigenvalue weighted by atomic mass is 19.4. The fourth-order valence-corrected chi connectivity index (χ4v) is 2.41. The van der Waals surface area contributed by atoms with E-state index in [2.05, 4.69) is 5.32 Å². The number of anilines is 1. The molecular formula is C13H17F3N2. The van der Waals surface area contributed by atoms with Gasteiger partial charge in [-0.25, -0.2) is 0 Å². The lowest BCUT2D eigenvalue weighted by molar-refractivity contribution is -0.149. The minimum Gasteiger partial charge on any atom is -0.383 e. The lowest BCUT2D eigenvalue weighted by atomic mass is 9.98. The molecule has 2 nitrogen and oxygen atoms in total. The summed E-state index contributed by atoms with van der Waals surface area (Å²) in [6.45, 7) is 1.92. The number of rotatable bonds is 3. The van der Waals surface area contributed by atoms with Gasteiger partial charge in [0, 0.05) is 18.3 Å². The number of nitrogens with one attached hydrogen (secondary N) is 1. The summed E-state index contributed by atoms with van der Waals surface area (Å²) in [6, 6.07) is 7.69. The molecular weight excluding hydrogens is 241 g/mol. The van der Waals surface area contributed by atoms with E-state index in [-0.39, 0.29) is 6.04 Å². The van der Waals surface area contributed by atoms with Crippen LogP contribution in [0.5, 0.6) is 0 Å². The van der Waals surface area contributed by atoms with E-state index in [9.17, 15) is 13.2 Å². The Morgan fingerprint density at radius 2 is 2.06 bits per heavy atom. The van der Waals surface area contributed by atoms with Gasteiger partial charge in [0.2, 0.25) is 0 Å². The Bertz CT molecular complexity index is 403. The summed E-state index contributed by atoms with van der Waals surface area (Å²) in [6.07, 6.45) is -3.46. The quantitative estimate of drug-likeness (QED) is 0.896. The van der Waals surface area contributed by atoms with Gasteiger partial charge in [-0.15, -0.1) is 0 Å². The predicted molar refractivity (Wildman–Crippen MR) is 65.7 cm³/mol. The van der Waals surface area contributed by atoms with Crippen molar-refractivity contribution in [1.82, 2.24) is 4.90 Å². The van der Waals surface area contributed by atoms with Crippen LogP contribution in [0.4, 0.5) is 18.9 Å². The molecule has 100 valence electrons. The molecule has 5 heteroatoms. The zero-order chi connectivity index (χ0) is 13.2. The number of hydrogen-bond acceptors (Lipinski definition) is 2. The predicted octanol–water partition coefficient (Wildman–Crippen LogP) is 2.91. The standard InChI is InChI=1S/C13H17F3N2/c1-2-18(9-13(14,15)16)11-7-10-5-3-4-6-12(10)17-8-11/h3-6,11,17H,2,7-9H2,1H3. The second-order valence-corrected chi connectivity index (χ2v) is 4.57. The Kier molecular flexibility index (Phi) is 3.80. The van der Waals surface area contributed by atoms with Crippen molar-refractivity contribution in [1.29, 1.82) is 0 Å². The van der Waals surface area contributed by atoms with Crippen molar-refractivity contribution in [3.63, 3.8) is 0 Å². The number of nitrogens with zero attached hydrogens (tertiary/aromatic N) is 1. The molecule has 0 bridgehead atoms. The van der Waals surface area contributed by atoms with Crippen LogP contribution in [0.3, 0.4) is 0 Å². The van der Waals surface area contributed by atoms with Crippen LogP contribution in [-0.2, 0) is 6.42 Å². The molecule has 0 amide bonds. The van der Waals surface area contributed by atoms with Gasteiger partial charge in [-0.3, -0.25) is 4.90 Å². The first kappa shape index (κ1) is 13.2. The van der Waals surface area contributed by atoms with Crippen molar-refractivity contribution in [2.75, 3.05) is 25.0 Å². The van der Waals surface area contributed by atoms with Crippen LogP contribution < -0.4 is 5.32 Å². The number of alkyl halides is 3. The van der Waals surface area contributed by atoms with Crippen LogP contribution in [0.1, 0.15) is 12.5 Å². The normalized spacial score (nSPS) is 19.5. The van der Waals surface area contributed by atoms with Gasteiger partial charge in [-0.2, -0.15) is 13.2 Å². The van der Waals surface area contributed by atoms with Gasteiger partial charge in [0.25, 0.3) is 0 Å². The van der Waals surface area contributed by atoms with Crippen LogP contribution in [0.25, 0.3) is 0 Å². The molecule has 18 heavy (non-hydrogen) atoms. The second kappa shape index (κ2) is 5.18. The average Bonchev–Trinajstić information content (AvgIpc) is 2.34. The molecule has 1 aromatic carbocycles. The zero-order valence-corrected chi connectivity index (χ0v) is 10.3. The van der Waals surface area contributed by atoms with Crippen LogP contribution >= 0.6 is 0 Å². The van der Waals surface area contributed by atoms with Gasteiger partial charge in [-0.05, 0) is 24.6 Å². The van der Waals surface area contributed by atoms with Gasteiger partial charge in [0.15, 0.2) is 0 Å². The van der Waals surface area contributed by atoms with Crippen molar-refractivity contribution >= 4 is 5.69 Å². The largest absolute Gasteiger partial charge is 0.401 e. The number of likely N-dealkylation sites (N-methyl/N-ethyl adjacent to an activating group) is 1. The van der Waals surface area contributed by atoms with E-state index < -0.39 is 12.7 Å². The van der Waals surface area contributed by atoms with Gasteiger partial charge >= 0.3 is 6.18 Å². The number of halogens is 3. The Morgan fingerprint density at radius 1 is 1.33 bits per heavy atom. The highest BCUT2D eigenvalue weighted by Crippen LogP contribution is 2.25. The number of benzene rings is 1. The molecule has 0 fully saturated rings. The van der Waals surface area contributed by atoms with Gasteiger partial charge in [0.05, 0.1) is 6.54 Å². The molecule has 0 spiro atoms. The van der Waals surface area contributed by atoms with Crippen LogP contribution in [0.15, 0.2) is 24.3 Å². The van der Waals surface area contributed by atoms with Crippen molar-refractivity contribution in [3.8, 4) is 0 Å². The molecule has 1 heterocycles. The Balaban J connectivity index is 2.07. The lowest BCUT2D eigenvalue weighted by Gasteiger charge is -2.35. The molecule has 0 aliphatic carbocycles. The van der Waals surface area contributed by atoms with Crippen molar-refractivity contribution in [3.05, 3.63) is 29.8 Å². The molecule has 1 aliphatic heterocycles. The summed E-state index contributed by atoms with van der Waals surface area (Å²) in [5.41, 5.74) is 2.13. The molecule has 2 rings (SSSR count). The monoisotopic (exact) mass is 258 g/mol. The van der Waals surface area contributed by atoms with E-state index in [4.69, 9.17) is 0 Å². The van der Waals surface area contributed by atoms with Crippen molar-refractivity contribution in [2.24, 2.45) is 0 Å². The number of hydrogen-bond donors (Lipinski definition) is 1. The Labute approximate surface area is 105 Å². The first-order chi connectivity index (χ1) is 8.49. The average molecular weight is 258 g/mol. The van der Waals surface area contributed by atoms with Crippen LogP contribution in [0, 0.1) is 0 Å². The topological polar surface area (TPSA) is 15.3 Å². The van der Waals surface area contributed by atoms with E-state index in [1.807, 2.05) is 24.3 Å². The van der Waals surface area contributed by atoms with Crippen LogP contribution in [-0.4, -0.2) is 36.8 Å². The maximum absolute atomic E-state index is 12.5. The molecule has 0 radical (unpaired) electrons. The summed E-state index contributed by atoms with van der Waals surface area (Å²) >= 11 is 0. The molecule has 1 N–H and O–H groups in total. The minimum atomic E-state index is -4.13. The molecule has 0 aromatic heterocycles. The SMILES string of the molecule is CCN(CC(F)(F)F)C1CNc2ccccc2C1. The summed E-state index contributed by atoms with van der Waals surface area (Å²) in [5, 5.41) is 3.20. The summed E-state index contributed by atoms with van der Waals surface area (Å²) in [7, 11) is 0. The van der Waals surface area contributed by atoms with Crippen LogP contribution in [0.2, 0.25) is 0 Å². The third-order valence-corrected chi connectivity index (χ3v) is 3.31. The van der Waals surface area contributed by atoms with Gasteiger partial charge in [0.1, 0.15) is 0 Å². The van der Waals surface area contributed by atoms with Crippen molar-refractivity contribution in [2.45, 2.75) is 25.6 Å².